The highest BCUT2D eigenvalue weighted by Gasteiger charge is 2.31. The van der Waals surface area contributed by atoms with Gasteiger partial charge in [-0.15, -0.1) is 0 Å². The van der Waals surface area contributed by atoms with Gasteiger partial charge in [-0.05, 0) is 13.3 Å². The molecule has 0 amide bonds. The quantitative estimate of drug-likeness (QED) is 0.733. The molecule has 2 unspecified atom stereocenters. The normalized spacial score (nSPS) is 29.9. The van der Waals surface area contributed by atoms with Crippen molar-refractivity contribution < 1.29 is 0 Å². The number of unbranched alkanes of at least 4 members (excludes halogenated alkanes) is 1. The molecule has 1 heterocycles. The molecule has 70 valence electrons. The van der Waals surface area contributed by atoms with Crippen LogP contribution in [0.25, 0.3) is 0 Å². The van der Waals surface area contributed by atoms with Gasteiger partial charge in [-0.2, -0.15) is 0 Å². The summed E-state index contributed by atoms with van der Waals surface area (Å²) in [5.41, 5.74) is 0. The minimum absolute atomic E-state index is 0.550. The van der Waals surface area contributed by atoms with Crippen LogP contribution >= 0.6 is 11.8 Å². The molecule has 1 rings (SSSR count). The predicted molar refractivity (Wildman–Crippen MR) is 55.9 cm³/mol. The van der Waals surface area contributed by atoms with Gasteiger partial charge in [0.15, 0.2) is 5.17 Å². The van der Waals surface area contributed by atoms with E-state index in [1.807, 2.05) is 0 Å². The molecule has 0 spiro atoms. The van der Waals surface area contributed by atoms with Gasteiger partial charge in [0.25, 0.3) is 0 Å². The largest absolute Gasteiger partial charge is 0.348 e. The SMILES string of the molecule is CCCCN1C(=N)SC(C)C1C. The number of nitrogens with one attached hydrogen (secondary N) is 1. The molecule has 0 bridgehead atoms. The van der Waals surface area contributed by atoms with Crippen LogP contribution in [0.2, 0.25) is 0 Å². The summed E-state index contributed by atoms with van der Waals surface area (Å²) in [7, 11) is 0. The van der Waals surface area contributed by atoms with Gasteiger partial charge in [-0.3, -0.25) is 5.41 Å². The van der Waals surface area contributed by atoms with E-state index >= 15 is 0 Å². The number of amidine groups is 1. The maximum absolute atomic E-state index is 7.73. The first-order valence-electron chi connectivity index (χ1n) is 4.68. The summed E-state index contributed by atoms with van der Waals surface area (Å²) >= 11 is 1.70. The molecule has 1 aliphatic rings. The second-order valence-electron chi connectivity index (χ2n) is 3.42. The Kier molecular flexibility index (Phi) is 3.44. The average molecular weight is 186 g/mol. The molecule has 1 fully saturated rings. The van der Waals surface area contributed by atoms with E-state index < -0.39 is 0 Å². The topological polar surface area (TPSA) is 27.1 Å². The van der Waals surface area contributed by atoms with E-state index in [1.165, 1.54) is 12.8 Å². The van der Waals surface area contributed by atoms with E-state index in [0.29, 0.717) is 11.3 Å². The highest BCUT2D eigenvalue weighted by molar-refractivity contribution is 8.14. The van der Waals surface area contributed by atoms with Crippen molar-refractivity contribution in [2.75, 3.05) is 6.54 Å². The molecule has 2 atom stereocenters. The van der Waals surface area contributed by atoms with Crippen LogP contribution < -0.4 is 0 Å². The van der Waals surface area contributed by atoms with E-state index in [-0.39, 0.29) is 0 Å². The fourth-order valence-electron chi connectivity index (χ4n) is 1.41. The Labute approximate surface area is 79.2 Å². The Balaban J connectivity index is 2.46. The monoisotopic (exact) mass is 186 g/mol. The van der Waals surface area contributed by atoms with Crippen molar-refractivity contribution in [3.05, 3.63) is 0 Å². The van der Waals surface area contributed by atoms with Crippen LogP contribution in [0, 0.1) is 5.41 Å². The van der Waals surface area contributed by atoms with Gasteiger partial charge < -0.3 is 4.90 Å². The van der Waals surface area contributed by atoms with Crippen LogP contribution in [-0.2, 0) is 0 Å². The van der Waals surface area contributed by atoms with Crippen molar-refractivity contribution in [2.45, 2.75) is 44.9 Å². The van der Waals surface area contributed by atoms with Gasteiger partial charge in [0.05, 0.1) is 0 Å². The summed E-state index contributed by atoms with van der Waals surface area (Å²) in [6.07, 6.45) is 2.43. The third-order valence-corrected chi connectivity index (χ3v) is 3.71. The van der Waals surface area contributed by atoms with Crippen molar-refractivity contribution in [2.24, 2.45) is 0 Å². The number of hydrogen-bond donors (Lipinski definition) is 1. The molecule has 0 radical (unpaired) electrons. The van der Waals surface area contributed by atoms with Crippen molar-refractivity contribution in [3.8, 4) is 0 Å². The molecule has 3 heteroatoms. The summed E-state index contributed by atoms with van der Waals surface area (Å²) in [5, 5.41) is 9.09. The molecular formula is C9H18N2S. The minimum atomic E-state index is 0.550. The van der Waals surface area contributed by atoms with Crippen LogP contribution in [0.15, 0.2) is 0 Å². The highest BCUT2D eigenvalue weighted by Crippen LogP contribution is 2.30. The molecule has 0 aromatic carbocycles. The number of rotatable bonds is 3. The molecule has 0 saturated carbocycles. The lowest BCUT2D eigenvalue weighted by Gasteiger charge is -2.23. The first-order valence-corrected chi connectivity index (χ1v) is 5.56. The maximum Gasteiger partial charge on any atom is 0.156 e. The van der Waals surface area contributed by atoms with Crippen LogP contribution in [0.3, 0.4) is 0 Å². The second kappa shape index (κ2) is 4.17. The lowest BCUT2D eigenvalue weighted by molar-refractivity contribution is 0.338. The third-order valence-electron chi connectivity index (χ3n) is 2.48. The summed E-state index contributed by atoms with van der Waals surface area (Å²) in [6, 6.07) is 0.550. The molecule has 2 nitrogen and oxygen atoms in total. The van der Waals surface area contributed by atoms with E-state index in [1.54, 1.807) is 11.8 Å². The van der Waals surface area contributed by atoms with Crippen LogP contribution in [0.5, 0.6) is 0 Å². The summed E-state index contributed by atoms with van der Waals surface area (Å²) < 4.78 is 0. The van der Waals surface area contributed by atoms with Crippen LogP contribution in [-0.4, -0.2) is 27.9 Å². The number of thioether (sulfide) groups is 1. The second-order valence-corrected chi connectivity index (χ2v) is 4.78. The average Bonchev–Trinajstić information content (AvgIpc) is 2.25. The van der Waals surface area contributed by atoms with Gasteiger partial charge in [0, 0.05) is 17.8 Å². The van der Waals surface area contributed by atoms with Crippen molar-refractivity contribution in [1.29, 1.82) is 5.41 Å². The summed E-state index contributed by atoms with van der Waals surface area (Å²) in [6.45, 7) is 7.68. The van der Waals surface area contributed by atoms with Gasteiger partial charge in [0.1, 0.15) is 0 Å². The molecule has 0 aromatic rings. The van der Waals surface area contributed by atoms with E-state index in [2.05, 4.69) is 25.7 Å². The Morgan fingerprint density at radius 1 is 1.50 bits per heavy atom. The highest BCUT2D eigenvalue weighted by atomic mass is 32.2. The fourth-order valence-corrected chi connectivity index (χ4v) is 2.50. The Morgan fingerprint density at radius 2 is 2.17 bits per heavy atom. The standard InChI is InChI=1S/C9H18N2S/c1-4-5-6-11-7(2)8(3)12-9(11)10/h7-8,10H,4-6H2,1-3H3. The summed E-state index contributed by atoms with van der Waals surface area (Å²) in [5.74, 6) is 0. The zero-order valence-corrected chi connectivity index (χ0v) is 8.95. The van der Waals surface area contributed by atoms with Gasteiger partial charge in [-0.1, -0.05) is 32.0 Å². The van der Waals surface area contributed by atoms with Crippen molar-refractivity contribution in [1.82, 2.24) is 4.90 Å². The lowest BCUT2D eigenvalue weighted by atomic mass is 10.2. The van der Waals surface area contributed by atoms with Gasteiger partial charge in [0.2, 0.25) is 0 Å². The van der Waals surface area contributed by atoms with E-state index in [0.717, 1.165) is 11.7 Å². The van der Waals surface area contributed by atoms with Crippen LogP contribution in [0.1, 0.15) is 33.6 Å². The first kappa shape index (κ1) is 9.90. The minimum Gasteiger partial charge on any atom is -0.348 e. The van der Waals surface area contributed by atoms with Crippen LogP contribution in [0.4, 0.5) is 0 Å². The smallest absolute Gasteiger partial charge is 0.156 e. The molecule has 0 aromatic heterocycles. The molecule has 1 aliphatic heterocycles. The number of nitrogens with zero attached hydrogens (tertiary/aromatic N) is 1. The van der Waals surface area contributed by atoms with E-state index in [4.69, 9.17) is 5.41 Å². The Bertz CT molecular complexity index is 170. The fraction of sp³-hybridized carbons (Fsp3) is 0.889. The zero-order valence-electron chi connectivity index (χ0n) is 8.13. The molecule has 1 saturated heterocycles. The predicted octanol–water partition coefficient (Wildman–Crippen LogP) is 2.55. The van der Waals surface area contributed by atoms with E-state index in [9.17, 15) is 0 Å². The molecular weight excluding hydrogens is 168 g/mol. The molecule has 12 heavy (non-hydrogen) atoms. The Hall–Kier alpha value is -0.180. The van der Waals surface area contributed by atoms with Gasteiger partial charge in [-0.25, -0.2) is 0 Å². The Morgan fingerprint density at radius 3 is 2.58 bits per heavy atom. The zero-order chi connectivity index (χ0) is 9.14. The lowest BCUT2D eigenvalue weighted by Crippen LogP contribution is -2.34. The summed E-state index contributed by atoms with van der Waals surface area (Å²) in [4.78, 5) is 2.22. The first-order chi connectivity index (χ1) is 5.66. The number of hydrogen-bond acceptors (Lipinski definition) is 2. The third kappa shape index (κ3) is 1.94. The molecule has 0 aliphatic carbocycles. The van der Waals surface area contributed by atoms with Gasteiger partial charge >= 0.3 is 0 Å². The van der Waals surface area contributed by atoms with Crippen molar-refractivity contribution in [3.63, 3.8) is 0 Å². The molecule has 1 N–H and O–H groups in total. The van der Waals surface area contributed by atoms with Crippen molar-refractivity contribution >= 4 is 16.9 Å². The maximum atomic E-state index is 7.73.